The van der Waals surface area contributed by atoms with E-state index < -0.39 is 6.10 Å². The fourth-order valence-corrected chi connectivity index (χ4v) is 4.50. The van der Waals surface area contributed by atoms with Crippen molar-refractivity contribution in [2.45, 2.75) is 12.5 Å². The van der Waals surface area contributed by atoms with Crippen LogP contribution < -0.4 is 0 Å². The first-order valence-corrected chi connectivity index (χ1v) is 8.45. The normalized spacial score (nSPS) is 13.3. The van der Waals surface area contributed by atoms with Crippen molar-refractivity contribution < 1.29 is 5.11 Å². The molecule has 0 amide bonds. The van der Waals surface area contributed by atoms with Crippen LogP contribution in [-0.2, 0) is 6.42 Å². The number of fused-ring (bicyclic) bond motifs is 1. The Balaban J connectivity index is 1.81. The number of rotatable bonds is 3. The lowest BCUT2D eigenvalue weighted by Crippen LogP contribution is -1.99. The molecule has 1 atom stereocenters. The minimum absolute atomic E-state index is 0.512. The van der Waals surface area contributed by atoms with E-state index in [2.05, 4.69) is 36.8 Å². The van der Waals surface area contributed by atoms with Crippen LogP contribution in [0, 0.1) is 0 Å². The van der Waals surface area contributed by atoms with Crippen LogP contribution in [0.15, 0.2) is 32.1 Å². The van der Waals surface area contributed by atoms with Crippen molar-refractivity contribution in [3.8, 4) is 0 Å². The molecule has 3 rings (SSSR count). The molecule has 94 valence electrons. The molecule has 0 aliphatic carbocycles. The zero-order chi connectivity index (χ0) is 12.7. The van der Waals surface area contributed by atoms with Gasteiger partial charge in [0.1, 0.15) is 0 Å². The lowest BCUT2D eigenvalue weighted by atomic mass is 10.2. The lowest BCUT2D eigenvalue weighted by molar-refractivity contribution is 0.181. The highest BCUT2D eigenvalue weighted by molar-refractivity contribution is 9.13. The molecule has 0 saturated carbocycles. The summed E-state index contributed by atoms with van der Waals surface area (Å²) in [5, 5.41) is 12.2. The highest BCUT2D eigenvalue weighted by Crippen LogP contribution is 2.36. The summed E-state index contributed by atoms with van der Waals surface area (Å²) in [6.07, 6.45) is 3.96. The first-order valence-electron chi connectivity index (χ1n) is 5.17. The number of imidazole rings is 1. The third-order valence-electron chi connectivity index (χ3n) is 2.54. The maximum absolute atomic E-state index is 10.2. The van der Waals surface area contributed by atoms with Gasteiger partial charge in [0, 0.05) is 33.5 Å². The largest absolute Gasteiger partial charge is 0.387 e. The Bertz CT molecular complexity index is 640. The van der Waals surface area contributed by atoms with E-state index in [0.717, 1.165) is 23.8 Å². The molecular formula is C11H8Br2N2OS2. The van der Waals surface area contributed by atoms with Crippen molar-refractivity contribution in [2.24, 2.45) is 0 Å². The smallest absolute Gasteiger partial charge is 0.193 e. The summed E-state index contributed by atoms with van der Waals surface area (Å²) in [5.74, 6) is 0. The second kappa shape index (κ2) is 5.05. The molecule has 0 bridgehead atoms. The first-order chi connectivity index (χ1) is 8.63. The SMILES string of the molecule is OC(Cc1cn2ccsc2n1)c1cc(Br)c(Br)s1. The zero-order valence-corrected chi connectivity index (χ0v) is 13.8. The standard InChI is InChI=1S/C11H8Br2N2OS2/c12-7-4-9(18-10(7)13)8(16)3-6-5-15-1-2-17-11(15)14-6/h1-2,4-5,8,16H,3H2. The molecule has 0 fully saturated rings. The third-order valence-corrected chi connectivity index (χ3v) is 6.67. The number of hydrogen-bond acceptors (Lipinski definition) is 4. The van der Waals surface area contributed by atoms with E-state index >= 15 is 0 Å². The molecule has 0 spiro atoms. The van der Waals surface area contributed by atoms with Crippen molar-refractivity contribution in [3.63, 3.8) is 0 Å². The van der Waals surface area contributed by atoms with Crippen LogP contribution in [0.3, 0.4) is 0 Å². The van der Waals surface area contributed by atoms with Crippen molar-refractivity contribution >= 4 is 59.5 Å². The monoisotopic (exact) mass is 406 g/mol. The average Bonchev–Trinajstić information content (AvgIpc) is 2.95. The van der Waals surface area contributed by atoms with Gasteiger partial charge in [-0.3, -0.25) is 4.40 Å². The van der Waals surface area contributed by atoms with E-state index in [1.165, 1.54) is 11.3 Å². The number of aliphatic hydroxyl groups is 1. The van der Waals surface area contributed by atoms with Gasteiger partial charge in [0.05, 0.1) is 15.6 Å². The summed E-state index contributed by atoms with van der Waals surface area (Å²) >= 11 is 9.99. The zero-order valence-electron chi connectivity index (χ0n) is 9.01. The van der Waals surface area contributed by atoms with Gasteiger partial charge in [0.15, 0.2) is 4.96 Å². The summed E-state index contributed by atoms with van der Waals surface area (Å²) in [6.45, 7) is 0. The van der Waals surface area contributed by atoms with E-state index in [9.17, 15) is 5.11 Å². The predicted octanol–water partition coefficient (Wildman–Crippen LogP) is 4.26. The molecule has 1 N–H and O–H groups in total. The molecule has 1 unspecified atom stereocenters. The molecular weight excluding hydrogens is 400 g/mol. The van der Waals surface area contributed by atoms with Crippen LogP contribution in [0.4, 0.5) is 0 Å². The van der Waals surface area contributed by atoms with Crippen molar-refractivity contribution in [1.29, 1.82) is 0 Å². The Hall–Kier alpha value is -0.210. The van der Waals surface area contributed by atoms with Gasteiger partial charge in [-0.25, -0.2) is 4.98 Å². The maximum atomic E-state index is 10.2. The molecule has 18 heavy (non-hydrogen) atoms. The Morgan fingerprint density at radius 3 is 2.94 bits per heavy atom. The fraction of sp³-hybridized carbons (Fsp3) is 0.182. The molecule has 3 heterocycles. The summed E-state index contributed by atoms with van der Waals surface area (Å²) in [5.41, 5.74) is 0.912. The summed E-state index contributed by atoms with van der Waals surface area (Å²) in [6, 6.07) is 1.94. The maximum Gasteiger partial charge on any atom is 0.193 e. The van der Waals surface area contributed by atoms with Gasteiger partial charge < -0.3 is 5.11 Å². The van der Waals surface area contributed by atoms with Crippen LogP contribution in [0.1, 0.15) is 16.7 Å². The van der Waals surface area contributed by atoms with E-state index in [4.69, 9.17) is 0 Å². The van der Waals surface area contributed by atoms with Crippen LogP contribution in [0.2, 0.25) is 0 Å². The molecule has 0 aliphatic heterocycles. The quantitative estimate of drug-likeness (QED) is 0.704. The topological polar surface area (TPSA) is 37.5 Å². The van der Waals surface area contributed by atoms with Gasteiger partial charge in [-0.2, -0.15) is 0 Å². The Morgan fingerprint density at radius 1 is 1.44 bits per heavy atom. The van der Waals surface area contributed by atoms with Gasteiger partial charge >= 0.3 is 0 Å². The van der Waals surface area contributed by atoms with Gasteiger partial charge in [-0.15, -0.1) is 22.7 Å². The predicted molar refractivity (Wildman–Crippen MR) is 81.5 cm³/mol. The van der Waals surface area contributed by atoms with Crippen molar-refractivity contribution in [3.05, 3.63) is 42.7 Å². The molecule has 0 radical (unpaired) electrons. The fourth-order valence-electron chi connectivity index (χ4n) is 1.70. The molecule has 3 aromatic heterocycles. The minimum Gasteiger partial charge on any atom is -0.387 e. The van der Waals surface area contributed by atoms with Crippen LogP contribution in [0.5, 0.6) is 0 Å². The van der Waals surface area contributed by atoms with E-state index in [0.29, 0.717) is 6.42 Å². The number of halogens is 2. The lowest BCUT2D eigenvalue weighted by Gasteiger charge is -2.05. The van der Waals surface area contributed by atoms with E-state index in [1.54, 1.807) is 11.3 Å². The molecule has 3 nitrogen and oxygen atoms in total. The van der Waals surface area contributed by atoms with Crippen molar-refractivity contribution in [1.82, 2.24) is 9.38 Å². The van der Waals surface area contributed by atoms with Crippen molar-refractivity contribution in [2.75, 3.05) is 0 Å². The first kappa shape index (κ1) is 12.8. The van der Waals surface area contributed by atoms with Gasteiger partial charge in [0.2, 0.25) is 0 Å². The van der Waals surface area contributed by atoms with Crippen LogP contribution in [-0.4, -0.2) is 14.5 Å². The summed E-state index contributed by atoms with van der Waals surface area (Å²) in [4.78, 5) is 6.37. The number of hydrogen-bond donors (Lipinski definition) is 1. The van der Waals surface area contributed by atoms with E-state index in [-0.39, 0.29) is 0 Å². The average molecular weight is 408 g/mol. The number of thiophene rings is 1. The number of thiazole rings is 1. The highest BCUT2D eigenvalue weighted by atomic mass is 79.9. The second-order valence-electron chi connectivity index (χ2n) is 3.82. The summed E-state index contributed by atoms with van der Waals surface area (Å²) in [7, 11) is 0. The molecule has 7 heteroatoms. The van der Waals surface area contributed by atoms with Gasteiger partial charge in [0.25, 0.3) is 0 Å². The number of aliphatic hydroxyl groups excluding tert-OH is 1. The van der Waals surface area contributed by atoms with Crippen LogP contribution in [0.25, 0.3) is 4.96 Å². The highest BCUT2D eigenvalue weighted by Gasteiger charge is 2.15. The van der Waals surface area contributed by atoms with Gasteiger partial charge in [-0.05, 0) is 37.9 Å². The van der Waals surface area contributed by atoms with Gasteiger partial charge in [-0.1, -0.05) is 0 Å². The van der Waals surface area contributed by atoms with Crippen LogP contribution >= 0.6 is 54.5 Å². The Kier molecular flexibility index (Phi) is 3.59. The molecule has 0 aliphatic rings. The molecule has 3 aromatic rings. The molecule has 0 aromatic carbocycles. The Morgan fingerprint density at radius 2 is 2.28 bits per heavy atom. The second-order valence-corrected chi connectivity index (χ2v) is 7.94. The molecule has 0 saturated heterocycles. The number of nitrogens with zero attached hydrogens (tertiary/aromatic N) is 2. The minimum atomic E-state index is -0.512. The summed E-state index contributed by atoms with van der Waals surface area (Å²) < 4.78 is 3.96. The Labute approximate surface area is 128 Å². The third kappa shape index (κ3) is 2.42. The number of aromatic nitrogens is 2. The van der Waals surface area contributed by atoms with E-state index in [1.807, 2.05) is 28.2 Å².